The maximum Gasteiger partial charge on any atom is 0.338 e. The first-order valence-electron chi connectivity index (χ1n) is 7.43. The van der Waals surface area contributed by atoms with Crippen molar-refractivity contribution in [3.8, 4) is 5.75 Å². The molecule has 6 nitrogen and oxygen atoms in total. The van der Waals surface area contributed by atoms with Crippen molar-refractivity contribution in [2.75, 3.05) is 7.05 Å². The minimum atomic E-state index is -1.24. The molecule has 0 spiro atoms. The number of hydrogen-bond donors (Lipinski definition) is 2. The van der Waals surface area contributed by atoms with Gasteiger partial charge in [-0.25, -0.2) is 14.2 Å². The first kappa shape index (κ1) is 17.7. The molecule has 1 heterocycles. The molecule has 1 fully saturated rings. The number of carbonyl (C=O) groups excluding carboxylic acids is 1. The zero-order valence-corrected chi connectivity index (χ0v) is 14.3. The number of halogens is 1. The van der Waals surface area contributed by atoms with Crippen molar-refractivity contribution in [2.45, 2.75) is 0 Å². The van der Waals surface area contributed by atoms with Gasteiger partial charge in [0.2, 0.25) is 0 Å². The average Bonchev–Trinajstić information content (AvgIpc) is 2.84. The van der Waals surface area contributed by atoms with Crippen LogP contribution < -0.4 is 0 Å². The summed E-state index contributed by atoms with van der Waals surface area (Å²) < 4.78 is 13.3. The van der Waals surface area contributed by atoms with Crippen LogP contribution in [0.15, 0.2) is 52.4 Å². The van der Waals surface area contributed by atoms with Crippen LogP contribution in [0.1, 0.15) is 15.9 Å². The van der Waals surface area contributed by atoms with Crippen LogP contribution in [0.2, 0.25) is 0 Å². The first-order valence-corrected chi connectivity index (χ1v) is 8.25. The van der Waals surface area contributed by atoms with Gasteiger partial charge in [0.25, 0.3) is 5.91 Å². The Labute approximate surface area is 152 Å². The molecule has 132 valence electrons. The number of hydrogen-bond acceptors (Lipinski definition) is 5. The number of nitrogens with zero attached hydrogens (tertiary/aromatic N) is 2. The van der Waals surface area contributed by atoms with E-state index in [2.05, 4.69) is 4.99 Å². The lowest BCUT2D eigenvalue weighted by Crippen LogP contribution is -2.23. The van der Waals surface area contributed by atoms with Crippen LogP contribution in [0.5, 0.6) is 5.75 Å². The number of amidine groups is 1. The largest absolute Gasteiger partial charge is 0.508 e. The molecule has 0 aliphatic carbocycles. The van der Waals surface area contributed by atoms with Crippen molar-refractivity contribution >= 4 is 40.6 Å². The Balaban J connectivity index is 1.97. The average molecular weight is 372 g/mol. The SMILES string of the molecule is CN1C(=O)/C(=C/c2cccc(F)c2)SC1=Nc1ccc(O)cc1C(=O)O. The number of benzene rings is 2. The zero-order chi connectivity index (χ0) is 18.8. The van der Waals surface area contributed by atoms with Gasteiger partial charge in [0, 0.05) is 7.05 Å². The number of phenols is 1. The van der Waals surface area contributed by atoms with E-state index in [0.717, 1.165) is 17.8 Å². The predicted molar refractivity (Wildman–Crippen MR) is 96.9 cm³/mol. The third kappa shape index (κ3) is 3.60. The molecule has 8 heteroatoms. The lowest BCUT2D eigenvalue weighted by atomic mass is 10.2. The van der Waals surface area contributed by atoms with Crippen LogP contribution in [0.4, 0.5) is 10.1 Å². The number of carboxylic acid groups (broad SMARTS) is 1. The van der Waals surface area contributed by atoms with Gasteiger partial charge in [-0.05, 0) is 53.7 Å². The molecular weight excluding hydrogens is 359 g/mol. The molecule has 0 unspecified atom stereocenters. The summed E-state index contributed by atoms with van der Waals surface area (Å²) in [6.45, 7) is 0. The molecule has 2 aromatic carbocycles. The maximum absolute atomic E-state index is 13.3. The molecule has 1 aliphatic rings. The highest BCUT2D eigenvalue weighted by Gasteiger charge is 2.30. The van der Waals surface area contributed by atoms with Gasteiger partial charge in [0.1, 0.15) is 11.6 Å². The van der Waals surface area contributed by atoms with Crippen LogP contribution in [-0.2, 0) is 4.79 Å². The third-order valence-electron chi connectivity index (χ3n) is 3.58. The summed E-state index contributed by atoms with van der Waals surface area (Å²) in [6.07, 6.45) is 1.55. The number of likely N-dealkylation sites (N-methyl/N-ethyl adjacent to an activating group) is 1. The van der Waals surface area contributed by atoms with E-state index in [1.165, 1.54) is 36.2 Å². The van der Waals surface area contributed by atoms with Crippen molar-refractivity contribution < 1.29 is 24.2 Å². The van der Waals surface area contributed by atoms with Gasteiger partial charge in [-0.15, -0.1) is 0 Å². The summed E-state index contributed by atoms with van der Waals surface area (Å²) in [5.74, 6) is -2.17. The third-order valence-corrected chi connectivity index (χ3v) is 4.64. The van der Waals surface area contributed by atoms with Gasteiger partial charge in [0.15, 0.2) is 5.17 Å². The van der Waals surface area contributed by atoms with Gasteiger partial charge < -0.3 is 10.2 Å². The number of aromatic hydroxyl groups is 1. The van der Waals surface area contributed by atoms with Crippen molar-refractivity contribution in [3.05, 3.63) is 64.3 Å². The number of amides is 1. The lowest BCUT2D eigenvalue weighted by Gasteiger charge is -2.08. The van der Waals surface area contributed by atoms with E-state index in [-0.39, 0.29) is 28.1 Å². The highest BCUT2D eigenvalue weighted by molar-refractivity contribution is 8.18. The molecule has 0 radical (unpaired) electrons. The van der Waals surface area contributed by atoms with Crippen molar-refractivity contribution in [2.24, 2.45) is 4.99 Å². The van der Waals surface area contributed by atoms with Crippen molar-refractivity contribution in [3.63, 3.8) is 0 Å². The molecule has 0 saturated carbocycles. The fourth-order valence-corrected chi connectivity index (χ4v) is 3.28. The van der Waals surface area contributed by atoms with Crippen molar-refractivity contribution in [1.82, 2.24) is 4.90 Å². The lowest BCUT2D eigenvalue weighted by molar-refractivity contribution is -0.121. The monoisotopic (exact) mass is 372 g/mol. The molecular formula is C18H13FN2O4S. The molecule has 1 amide bonds. The quantitative estimate of drug-likeness (QED) is 0.806. The predicted octanol–water partition coefficient (Wildman–Crippen LogP) is 3.46. The minimum Gasteiger partial charge on any atom is -0.508 e. The van der Waals surface area contributed by atoms with Crippen LogP contribution in [0.25, 0.3) is 6.08 Å². The Morgan fingerprint density at radius 2 is 2.04 bits per heavy atom. The highest BCUT2D eigenvalue weighted by atomic mass is 32.2. The van der Waals surface area contributed by atoms with Gasteiger partial charge >= 0.3 is 5.97 Å². The van der Waals surface area contributed by atoms with E-state index in [4.69, 9.17) is 0 Å². The molecule has 2 N–H and O–H groups in total. The Bertz CT molecular complexity index is 971. The Kier molecular flexibility index (Phi) is 4.77. The summed E-state index contributed by atoms with van der Waals surface area (Å²) in [4.78, 5) is 29.6. The highest BCUT2D eigenvalue weighted by Crippen LogP contribution is 2.34. The molecule has 26 heavy (non-hydrogen) atoms. The number of carbonyl (C=O) groups is 2. The molecule has 1 saturated heterocycles. The second-order valence-electron chi connectivity index (χ2n) is 5.43. The topological polar surface area (TPSA) is 90.2 Å². The first-order chi connectivity index (χ1) is 12.3. The summed E-state index contributed by atoms with van der Waals surface area (Å²) in [5.41, 5.74) is 0.470. The summed E-state index contributed by atoms with van der Waals surface area (Å²) in [5, 5.41) is 19.0. The van der Waals surface area contributed by atoms with Crippen LogP contribution in [0.3, 0.4) is 0 Å². The van der Waals surface area contributed by atoms with Crippen LogP contribution >= 0.6 is 11.8 Å². The smallest absolute Gasteiger partial charge is 0.338 e. The fourth-order valence-electron chi connectivity index (χ4n) is 2.30. The summed E-state index contributed by atoms with van der Waals surface area (Å²) >= 11 is 1.06. The molecule has 3 rings (SSSR count). The normalized spacial score (nSPS) is 17.3. The van der Waals surface area contributed by atoms with E-state index in [9.17, 15) is 24.2 Å². The number of aliphatic imine (C=N–C) groups is 1. The molecule has 0 atom stereocenters. The number of phenolic OH excluding ortho intramolecular Hbond substituents is 1. The van der Waals surface area contributed by atoms with E-state index in [0.29, 0.717) is 10.5 Å². The van der Waals surface area contributed by atoms with Gasteiger partial charge in [0.05, 0.1) is 16.2 Å². The van der Waals surface area contributed by atoms with E-state index in [1.54, 1.807) is 18.2 Å². The fraction of sp³-hybridized carbons (Fsp3) is 0.0556. The van der Waals surface area contributed by atoms with E-state index in [1.807, 2.05) is 0 Å². The van der Waals surface area contributed by atoms with Crippen molar-refractivity contribution in [1.29, 1.82) is 0 Å². The minimum absolute atomic E-state index is 0.115. The van der Waals surface area contributed by atoms with Gasteiger partial charge in [-0.1, -0.05) is 12.1 Å². The molecule has 1 aliphatic heterocycles. The summed E-state index contributed by atoms with van der Waals surface area (Å²) in [7, 11) is 1.52. The number of thioether (sulfide) groups is 1. The number of aromatic carboxylic acids is 1. The second-order valence-corrected chi connectivity index (χ2v) is 6.44. The van der Waals surface area contributed by atoms with Crippen LogP contribution in [0, 0.1) is 5.82 Å². The molecule has 0 bridgehead atoms. The van der Waals surface area contributed by atoms with Gasteiger partial charge in [-0.3, -0.25) is 9.69 Å². The standard InChI is InChI=1S/C18H13FN2O4S/c1-21-16(23)15(8-10-3-2-4-11(19)7-10)26-18(21)20-14-6-5-12(22)9-13(14)17(24)25/h2-9,22H,1H3,(H,24,25)/b15-8-,20-18?. The Morgan fingerprint density at radius 1 is 1.27 bits per heavy atom. The Morgan fingerprint density at radius 3 is 2.73 bits per heavy atom. The van der Waals surface area contributed by atoms with Gasteiger partial charge in [-0.2, -0.15) is 0 Å². The van der Waals surface area contributed by atoms with E-state index >= 15 is 0 Å². The number of rotatable bonds is 3. The van der Waals surface area contributed by atoms with Crippen LogP contribution in [-0.4, -0.2) is 39.2 Å². The van der Waals surface area contributed by atoms with E-state index < -0.39 is 11.8 Å². The number of carboxylic acids is 1. The second kappa shape index (κ2) is 7.01. The maximum atomic E-state index is 13.3. The molecule has 0 aromatic heterocycles. The zero-order valence-electron chi connectivity index (χ0n) is 13.5. The Hall–Kier alpha value is -3.13. The molecule has 2 aromatic rings. The summed E-state index contributed by atoms with van der Waals surface area (Å²) in [6, 6.07) is 9.59.